The van der Waals surface area contributed by atoms with Crippen LogP contribution in [0.15, 0.2) is 0 Å². The molecule has 0 spiro atoms. The van der Waals surface area contributed by atoms with E-state index in [1.165, 1.54) is 12.8 Å². The highest BCUT2D eigenvalue weighted by molar-refractivity contribution is 7.89. The van der Waals surface area contributed by atoms with Crippen LogP contribution in [0.4, 0.5) is 0 Å². The van der Waals surface area contributed by atoms with Crippen LogP contribution < -0.4 is 10.5 Å². The molecule has 104 valence electrons. The Labute approximate surface area is 111 Å². The fourth-order valence-electron chi connectivity index (χ4n) is 2.20. The van der Waals surface area contributed by atoms with Crippen LogP contribution in [0.25, 0.3) is 0 Å². The van der Waals surface area contributed by atoms with E-state index in [-0.39, 0.29) is 23.7 Å². The fourth-order valence-corrected chi connectivity index (χ4v) is 3.39. The van der Waals surface area contributed by atoms with E-state index in [1.807, 2.05) is 6.92 Å². The monoisotopic (exact) mass is 284 g/mol. The van der Waals surface area contributed by atoms with Gasteiger partial charge in [-0.3, -0.25) is 0 Å². The molecule has 0 aliphatic heterocycles. The molecule has 1 aliphatic carbocycles. The first-order valence-electron chi connectivity index (χ1n) is 6.24. The number of nitrogens with one attached hydrogen (secondary N) is 1. The Morgan fingerprint density at radius 2 is 1.71 bits per heavy atom. The highest BCUT2D eigenvalue weighted by Gasteiger charge is 2.27. The predicted molar refractivity (Wildman–Crippen MR) is 73.9 cm³/mol. The smallest absolute Gasteiger partial charge is 0.211 e. The van der Waals surface area contributed by atoms with Crippen molar-refractivity contribution in [2.75, 3.05) is 12.3 Å². The molecule has 0 unspecified atom stereocenters. The molecule has 0 aromatic rings. The number of halogens is 1. The van der Waals surface area contributed by atoms with Gasteiger partial charge in [0, 0.05) is 12.1 Å². The lowest BCUT2D eigenvalue weighted by Gasteiger charge is -2.28. The van der Waals surface area contributed by atoms with Crippen LogP contribution in [-0.4, -0.2) is 26.3 Å². The first-order chi connectivity index (χ1) is 7.47. The topological polar surface area (TPSA) is 72.2 Å². The summed E-state index contributed by atoms with van der Waals surface area (Å²) in [7, 11) is -3.11. The van der Waals surface area contributed by atoms with Crippen LogP contribution in [-0.2, 0) is 10.0 Å². The Bertz CT molecular complexity index is 299. The minimum Gasteiger partial charge on any atom is -0.324 e. The minimum atomic E-state index is -3.11. The largest absolute Gasteiger partial charge is 0.324 e. The maximum atomic E-state index is 11.5. The average molecular weight is 285 g/mol. The van der Waals surface area contributed by atoms with E-state index in [4.69, 9.17) is 5.73 Å². The van der Waals surface area contributed by atoms with Crippen molar-refractivity contribution in [3.05, 3.63) is 0 Å². The summed E-state index contributed by atoms with van der Waals surface area (Å²) in [5, 5.41) is 0. The van der Waals surface area contributed by atoms with Crippen molar-refractivity contribution in [2.24, 2.45) is 5.73 Å². The molecule has 0 bridgehead atoms. The third-order valence-electron chi connectivity index (χ3n) is 3.22. The first kappa shape index (κ1) is 17.2. The lowest BCUT2D eigenvalue weighted by atomic mass is 9.92. The molecule has 0 aromatic carbocycles. The highest BCUT2D eigenvalue weighted by Crippen LogP contribution is 2.24. The quantitative estimate of drug-likeness (QED) is 0.756. The van der Waals surface area contributed by atoms with E-state index in [0.717, 1.165) is 25.7 Å². The van der Waals surface area contributed by atoms with E-state index >= 15 is 0 Å². The Hall–Kier alpha value is 0.160. The van der Waals surface area contributed by atoms with Crippen molar-refractivity contribution in [1.29, 1.82) is 0 Å². The molecule has 3 N–H and O–H groups in total. The standard InChI is InChI=1S/C11H24N2O2S.ClH/c1-2-9-16(14,15)13-10-11(12)7-5-3-4-6-8-11;/h13H,2-10,12H2,1H3;1H. The zero-order valence-electron chi connectivity index (χ0n) is 10.6. The van der Waals surface area contributed by atoms with Crippen molar-refractivity contribution < 1.29 is 8.42 Å². The molecule has 1 rings (SSSR count). The van der Waals surface area contributed by atoms with Gasteiger partial charge in [0.1, 0.15) is 0 Å². The van der Waals surface area contributed by atoms with E-state index in [0.29, 0.717) is 13.0 Å². The Morgan fingerprint density at radius 3 is 2.18 bits per heavy atom. The second-order valence-corrected chi connectivity index (χ2v) is 6.84. The highest BCUT2D eigenvalue weighted by atomic mass is 35.5. The van der Waals surface area contributed by atoms with Crippen LogP contribution >= 0.6 is 12.4 Å². The molecule has 1 fully saturated rings. The van der Waals surface area contributed by atoms with Gasteiger partial charge >= 0.3 is 0 Å². The van der Waals surface area contributed by atoms with Gasteiger partial charge in [0.15, 0.2) is 0 Å². The molecule has 0 aromatic heterocycles. The summed E-state index contributed by atoms with van der Waals surface area (Å²) >= 11 is 0. The van der Waals surface area contributed by atoms with Gasteiger partial charge in [-0.25, -0.2) is 13.1 Å². The second kappa shape index (κ2) is 7.56. The lowest BCUT2D eigenvalue weighted by Crippen LogP contribution is -2.50. The average Bonchev–Trinajstić information content (AvgIpc) is 2.41. The zero-order chi connectivity index (χ0) is 12.1. The molecule has 0 heterocycles. The van der Waals surface area contributed by atoms with Crippen molar-refractivity contribution in [3.8, 4) is 0 Å². The summed E-state index contributed by atoms with van der Waals surface area (Å²) in [6.07, 6.45) is 7.19. The number of nitrogens with two attached hydrogens (primary N) is 1. The molecule has 1 saturated carbocycles. The predicted octanol–water partition coefficient (Wildman–Crippen LogP) is 1.79. The van der Waals surface area contributed by atoms with Crippen LogP contribution in [0, 0.1) is 0 Å². The summed E-state index contributed by atoms with van der Waals surface area (Å²) in [6.45, 7) is 2.26. The zero-order valence-corrected chi connectivity index (χ0v) is 12.2. The van der Waals surface area contributed by atoms with Gasteiger partial charge in [0.25, 0.3) is 0 Å². The summed E-state index contributed by atoms with van der Waals surface area (Å²) in [5.41, 5.74) is 5.91. The van der Waals surface area contributed by atoms with Crippen molar-refractivity contribution in [3.63, 3.8) is 0 Å². The summed E-state index contributed by atoms with van der Waals surface area (Å²) in [4.78, 5) is 0. The molecule has 17 heavy (non-hydrogen) atoms. The van der Waals surface area contributed by atoms with E-state index < -0.39 is 10.0 Å². The van der Waals surface area contributed by atoms with Gasteiger partial charge in [-0.15, -0.1) is 12.4 Å². The third-order valence-corrected chi connectivity index (χ3v) is 4.75. The van der Waals surface area contributed by atoms with Gasteiger partial charge in [-0.2, -0.15) is 0 Å². The van der Waals surface area contributed by atoms with Gasteiger partial charge in [0.05, 0.1) is 5.75 Å². The lowest BCUT2D eigenvalue weighted by molar-refractivity contribution is 0.369. The second-order valence-electron chi connectivity index (χ2n) is 4.92. The number of rotatable bonds is 5. The Morgan fingerprint density at radius 1 is 1.18 bits per heavy atom. The molecule has 0 saturated heterocycles. The maximum absolute atomic E-state index is 11.5. The molecule has 0 atom stereocenters. The summed E-state index contributed by atoms with van der Waals surface area (Å²) < 4.78 is 25.7. The molecule has 0 amide bonds. The molecule has 1 aliphatic rings. The Balaban J connectivity index is 0.00000256. The fraction of sp³-hybridized carbons (Fsp3) is 1.00. The summed E-state index contributed by atoms with van der Waals surface area (Å²) in [5.74, 6) is 0.197. The molecular weight excluding hydrogens is 260 g/mol. The van der Waals surface area contributed by atoms with Gasteiger partial charge in [-0.05, 0) is 19.3 Å². The number of hydrogen-bond donors (Lipinski definition) is 2. The summed E-state index contributed by atoms with van der Waals surface area (Å²) in [6, 6.07) is 0. The van der Waals surface area contributed by atoms with Crippen molar-refractivity contribution in [2.45, 2.75) is 57.4 Å². The van der Waals surface area contributed by atoms with E-state index in [9.17, 15) is 8.42 Å². The van der Waals surface area contributed by atoms with Gasteiger partial charge < -0.3 is 5.73 Å². The van der Waals surface area contributed by atoms with Crippen LogP contribution in [0.2, 0.25) is 0 Å². The number of hydrogen-bond acceptors (Lipinski definition) is 3. The molecule has 6 heteroatoms. The SMILES string of the molecule is CCCS(=O)(=O)NCC1(N)CCCCCC1.Cl. The van der Waals surface area contributed by atoms with E-state index in [2.05, 4.69) is 4.72 Å². The number of sulfonamides is 1. The molecular formula is C11H25ClN2O2S. The first-order valence-corrected chi connectivity index (χ1v) is 7.89. The molecule has 4 nitrogen and oxygen atoms in total. The van der Waals surface area contributed by atoms with Crippen LogP contribution in [0.1, 0.15) is 51.9 Å². The van der Waals surface area contributed by atoms with E-state index in [1.54, 1.807) is 0 Å². The molecule has 0 radical (unpaired) electrons. The maximum Gasteiger partial charge on any atom is 0.211 e. The van der Waals surface area contributed by atoms with Gasteiger partial charge in [0.2, 0.25) is 10.0 Å². The normalized spacial score (nSPS) is 20.4. The van der Waals surface area contributed by atoms with Crippen LogP contribution in [0.5, 0.6) is 0 Å². The third kappa shape index (κ3) is 6.60. The van der Waals surface area contributed by atoms with Crippen LogP contribution in [0.3, 0.4) is 0 Å². The van der Waals surface area contributed by atoms with Crippen molar-refractivity contribution >= 4 is 22.4 Å². The van der Waals surface area contributed by atoms with Gasteiger partial charge in [-0.1, -0.05) is 32.6 Å². The minimum absolute atomic E-state index is 0. The van der Waals surface area contributed by atoms with Crippen molar-refractivity contribution in [1.82, 2.24) is 4.72 Å². The Kier molecular flexibility index (Phi) is 7.63.